The second-order valence-corrected chi connectivity index (χ2v) is 6.61. The number of hydrogen-bond donors (Lipinski definition) is 3. The van der Waals surface area contributed by atoms with Gasteiger partial charge in [0.1, 0.15) is 5.82 Å². The molecule has 2 aromatic rings. The van der Waals surface area contributed by atoms with E-state index in [2.05, 4.69) is 25.7 Å². The lowest BCUT2D eigenvalue weighted by molar-refractivity contribution is -0.125. The average molecular weight is 359 g/mol. The molecule has 9 heteroatoms. The van der Waals surface area contributed by atoms with Crippen LogP contribution in [0.5, 0.6) is 0 Å². The Morgan fingerprint density at radius 2 is 1.85 bits per heavy atom. The fraction of sp³-hybridized carbons (Fsp3) is 0.471. The normalized spacial score (nSPS) is 12.3. The Hall–Kier alpha value is -2.81. The Bertz CT molecular complexity index is 756. The van der Waals surface area contributed by atoms with E-state index in [4.69, 9.17) is 5.73 Å². The van der Waals surface area contributed by atoms with E-state index in [0.717, 1.165) is 5.69 Å². The molecule has 0 aliphatic rings. The van der Waals surface area contributed by atoms with Crippen molar-refractivity contribution < 1.29 is 9.59 Å². The molecule has 0 bridgehead atoms. The van der Waals surface area contributed by atoms with Crippen LogP contribution in [0.15, 0.2) is 24.5 Å². The number of nitrogens with zero attached hydrogens (tertiary/aromatic N) is 4. The summed E-state index contributed by atoms with van der Waals surface area (Å²) in [6, 6.07) is 2.81. The smallest absolute Gasteiger partial charge is 0.252 e. The van der Waals surface area contributed by atoms with Crippen molar-refractivity contribution in [3.05, 3.63) is 30.2 Å². The topological polar surface area (TPSA) is 128 Å². The molecule has 9 nitrogen and oxygen atoms in total. The van der Waals surface area contributed by atoms with Gasteiger partial charge in [0.25, 0.3) is 5.95 Å². The van der Waals surface area contributed by atoms with Gasteiger partial charge >= 0.3 is 0 Å². The van der Waals surface area contributed by atoms with Gasteiger partial charge in [-0.05, 0) is 17.9 Å². The number of nitrogens with two attached hydrogens (primary N) is 1. The van der Waals surface area contributed by atoms with Crippen molar-refractivity contribution in [2.75, 3.05) is 11.9 Å². The molecule has 2 aromatic heterocycles. The molecule has 0 aliphatic carbocycles. The van der Waals surface area contributed by atoms with Crippen LogP contribution in [0, 0.1) is 5.92 Å². The molecule has 0 unspecified atom stereocenters. The van der Waals surface area contributed by atoms with Gasteiger partial charge in [0.15, 0.2) is 0 Å². The fourth-order valence-corrected chi connectivity index (χ4v) is 2.10. The lowest BCUT2D eigenvalue weighted by atomic mass is 10.1. The second kappa shape index (κ2) is 8.52. The van der Waals surface area contributed by atoms with E-state index in [1.165, 1.54) is 4.68 Å². The maximum atomic E-state index is 12.2. The van der Waals surface area contributed by atoms with Gasteiger partial charge in [-0.1, -0.05) is 27.7 Å². The van der Waals surface area contributed by atoms with Gasteiger partial charge in [-0.2, -0.15) is 9.78 Å². The van der Waals surface area contributed by atoms with E-state index in [1.54, 1.807) is 24.5 Å². The van der Waals surface area contributed by atoms with Crippen molar-refractivity contribution in [1.29, 1.82) is 0 Å². The third-order valence-corrected chi connectivity index (χ3v) is 3.77. The number of nitrogens with one attached hydrogen (secondary N) is 2. The van der Waals surface area contributed by atoms with E-state index in [9.17, 15) is 9.59 Å². The first-order valence-corrected chi connectivity index (χ1v) is 8.50. The predicted octanol–water partition coefficient (Wildman–Crippen LogP) is 0.824. The molecule has 0 aliphatic heterocycles. The number of hydrogen-bond acceptors (Lipinski definition) is 6. The second-order valence-electron chi connectivity index (χ2n) is 6.61. The lowest BCUT2D eigenvalue weighted by Gasteiger charge is -2.15. The highest BCUT2D eigenvalue weighted by molar-refractivity contribution is 5.94. The maximum absolute atomic E-state index is 12.2. The van der Waals surface area contributed by atoms with Crippen molar-refractivity contribution in [3.63, 3.8) is 0 Å². The van der Waals surface area contributed by atoms with Crippen LogP contribution in [-0.4, -0.2) is 44.1 Å². The Balaban J connectivity index is 2.11. The van der Waals surface area contributed by atoms with E-state index in [-0.39, 0.29) is 30.2 Å². The highest BCUT2D eigenvalue weighted by Crippen LogP contribution is 2.20. The van der Waals surface area contributed by atoms with E-state index in [0.29, 0.717) is 11.8 Å². The summed E-state index contributed by atoms with van der Waals surface area (Å²) in [4.78, 5) is 32.4. The molecule has 0 fully saturated rings. The molecule has 1 atom stereocenters. The molecule has 140 valence electrons. The number of carbonyl (C=O) groups is 2. The first-order valence-electron chi connectivity index (χ1n) is 8.50. The van der Waals surface area contributed by atoms with Crippen LogP contribution < -0.4 is 16.4 Å². The highest BCUT2D eigenvalue weighted by atomic mass is 16.2. The van der Waals surface area contributed by atoms with Gasteiger partial charge in [0.05, 0.1) is 18.3 Å². The molecule has 0 saturated carbocycles. The van der Waals surface area contributed by atoms with Crippen LogP contribution >= 0.6 is 0 Å². The largest absolute Gasteiger partial charge is 0.346 e. The standard InChI is InChI=1S/C17H25N7O2/c1-10(2)12-8-13(24(23-12)17-19-6-5-7-20-17)22-14(25)9-21-16(26)15(18)11(3)4/h5-8,10-11,15H,9,18H2,1-4H3,(H,21,26)(H,22,25)/t15-/m0/s1. The zero-order valence-corrected chi connectivity index (χ0v) is 15.4. The van der Waals surface area contributed by atoms with Gasteiger partial charge in [0, 0.05) is 18.5 Å². The van der Waals surface area contributed by atoms with Gasteiger partial charge < -0.3 is 16.4 Å². The van der Waals surface area contributed by atoms with Gasteiger partial charge in [-0.3, -0.25) is 9.59 Å². The number of carbonyl (C=O) groups excluding carboxylic acids is 2. The zero-order chi connectivity index (χ0) is 19.3. The summed E-state index contributed by atoms with van der Waals surface area (Å²) >= 11 is 0. The van der Waals surface area contributed by atoms with Gasteiger partial charge in [0.2, 0.25) is 11.8 Å². The SMILES string of the molecule is CC(C)c1cc(NC(=O)CNC(=O)[C@@H](N)C(C)C)n(-c2ncccn2)n1. The molecule has 2 rings (SSSR count). The van der Waals surface area contributed by atoms with Crippen molar-refractivity contribution in [1.82, 2.24) is 25.1 Å². The molecular weight excluding hydrogens is 334 g/mol. The Kier molecular flexibility index (Phi) is 6.40. The summed E-state index contributed by atoms with van der Waals surface area (Å²) in [5.74, 6) is 0.190. The third kappa shape index (κ3) is 4.85. The molecule has 0 saturated heterocycles. The van der Waals surface area contributed by atoms with E-state index < -0.39 is 6.04 Å². The average Bonchev–Trinajstić information content (AvgIpc) is 3.03. The summed E-state index contributed by atoms with van der Waals surface area (Å²) in [5, 5.41) is 9.72. The highest BCUT2D eigenvalue weighted by Gasteiger charge is 2.19. The Labute approximate surface area is 152 Å². The van der Waals surface area contributed by atoms with Crippen LogP contribution in [0.3, 0.4) is 0 Å². The van der Waals surface area contributed by atoms with Crippen LogP contribution in [0.2, 0.25) is 0 Å². The number of aromatic nitrogens is 4. The van der Waals surface area contributed by atoms with Crippen molar-refractivity contribution in [3.8, 4) is 5.95 Å². The first kappa shape index (κ1) is 19.5. The van der Waals surface area contributed by atoms with Crippen LogP contribution in [0.1, 0.15) is 39.3 Å². The third-order valence-electron chi connectivity index (χ3n) is 3.77. The predicted molar refractivity (Wildman–Crippen MR) is 97.7 cm³/mol. The lowest BCUT2D eigenvalue weighted by Crippen LogP contribution is -2.46. The summed E-state index contributed by atoms with van der Waals surface area (Å²) in [6.07, 6.45) is 3.19. The molecule has 2 heterocycles. The minimum atomic E-state index is -0.654. The molecule has 2 amide bonds. The molecule has 4 N–H and O–H groups in total. The Morgan fingerprint density at radius 1 is 1.19 bits per heavy atom. The fourth-order valence-electron chi connectivity index (χ4n) is 2.10. The molecule has 0 spiro atoms. The first-order chi connectivity index (χ1) is 12.3. The summed E-state index contributed by atoms with van der Waals surface area (Å²) in [6.45, 7) is 7.50. The van der Waals surface area contributed by atoms with Crippen LogP contribution in [0.25, 0.3) is 5.95 Å². The number of amides is 2. The van der Waals surface area contributed by atoms with Crippen LogP contribution in [-0.2, 0) is 9.59 Å². The van der Waals surface area contributed by atoms with Crippen molar-refractivity contribution >= 4 is 17.6 Å². The zero-order valence-electron chi connectivity index (χ0n) is 15.4. The van der Waals surface area contributed by atoms with Gasteiger partial charge in [-0.25, -0.2) is 9.97 Å². The van der Waals surface area contributed by atoms with Crippen molar-refractivity contribution in [2.24, 2.45) is 11.7 Å². The van der Waals surface area contributed by atoms with E-state index >= 15 is 0 Å². The summed E-state index contributed by atoms with van der Waals surface area (Å²) in [5.41, 5.74) is 6.55. The molecule has 26 heavy (non-hydrogen) atoms. The quantitative estimate of drug-likeness (QED) is 0.671. The minimum absolute atomic E-state index is 0.0108. The number of rotatable bonds is 7. The van der Waals surface area contributed by atoms with Crippen molar-refractivity contribution in [2.45, 2.75) is 39.7 Å². The molecular formula is C17H25N7O2. The monoisotopic (exact) mass is 359 g/mol. The van der Waals surface area contributed by atoms with Crippen LogP contribution in [0.4, 0.5) is 5.82 Å². The maximum Gasteiger partial charge on any atom is 0.252 e. The Morgan fingerprint density at radius 3 is 2.42 bits per heavy atom. The molecule has 0 radical (unpaired) electrons. The summed E-state index contributed by atoms with van der Waals surface area (Å²) in [7, 11) is 0. The molecule has 0 aromatic carbocycles. The van der Waals surface area contributed by atoms with Gasteiger partial charge in [-0.15, -0.1) is 0 Å². The van der Waals surface area contributed by atoms with E-state index in [1.807, 2.05) is 27.7 Å². The number of anilines is 1. The minimum Gasteiger partial charge on any atom is -0.346 e. The summed E-state index contributed by atoms with van der Waals surface area (Å²) < 4.78 is 1.47.